The van der Waals surface area contributed by atoms with E-state index in [1.807, 2.05) is 45.4 Å². The van der Waals surface area contributed by atoms with Gasteiger partial charge in [0.05, 0.1) is 10.6 Å². The second-order valence-electron chi connectivity index (χ2n) is 9.22. The molecule has 9 nitrogen and oxygen atoms in total. The van der Waals surface area contributed by atoms with Gasteiger partial charge in [-0.2, -0.15) is 0 Å². The minimum Gasteiger partial charge on any atom is -0.480 e. The molecule has 1 N–H and O–H groups in total. The van der Waals surface area contributed by atoms with Crippen molar-refractivity contribution in [3.63, 3.8) is 0 Å². The van der Waals surface area contributed by atoms with Gasteiger partial charge in [-0.25, -0.2) is 18.4 Å². The average Bonchev–Trinajstić information content (AvgIpc) is 2.89. The van der Waals surface area contributed by atoms with E-state index in [9.17, 15) is 18.3 Å². The lowest BCUT2D eigenvalue weighted by Gasteiger charge is -2.23. The molecule has 3 aromatic carbocycles. The molecule has 0 fully saturated rings. The summed E-state index contributed by atoms with van der Waals surface area (Å²) in [7, 11) is 1.73. The monoisotopic (exact) mass is 587 g/mol. The van der Waals surface area contributed by atoms with Gasteiger partial charge in [-0.15, -0.1) is 0 Å². The summed E-state index contributed by atoms with van der Waals surface area (Å²) in [6, 6.07) is 16.2. The Kier molecular flexibility index (Phi) is 8.60. The second-order valence-corrected chi connectivity index (χ2v) is 12.0. The first-order chi connectivity index (χ1) is 18.4. The lowest BCUT2D eigenvalue weighted by Crippen LogP contribution is -2.35. The Labute approximate surface area is 237 Å². The lowest BCUT2D eigenvalue weighted by molar-refractivity contribution is -0.135. The Morgan fingerprint density at radius 1 is 0.897 bits per heavy atom. The van der Waals surface area contributed by atoms with Crippen LogP contribution < -0.4 is 9.21 Å². The number of sulfonamides is 1. The van der Waals surface area contributed by atoms with Crippen LogP contribution in [0, 0.1) is 0 Å². The number of hydrogen-bond donors (Lipinski definition) is 1. The number of benzene rings is 3. The zero-order valence-electron chi connectivity index (χ0n) is 21.5. The smallest absolute Gasteiger partial charge is 0.324 e. The summed E-state index contributed by atoms with van der Waals surface area (Å²) in [4.78, 5) is 24.7. The van der Waals surface area contributed by atoms with Crippen molar-refractivity contribution in [2.45, 2.75) is 4.90 Å². The Morgan fingerprint density at radius 3 is 2.23 bits per heavy atom. The van der Waals surface area contributed by atoms with Gasteiger partial charge in [0.25, 0.3) is 10.0 Å². The molecule has 39 heavy (non-hydrogen) atoms. The molecule has 12 heteroatoms. The summed E-state index contributed by atoms with van der Waals surface area (Å²) in [5, 5.41) is 11.3. The fraction of sp³-hybridized carbons (Fsp3) is 0.222. The van der Waals surface area contributed by atoms with E-state index in [2.05, 4.69) is 14.8 Å². The summed E-state index contributed by atoms with van der Waals surface area (Å²) in [5.74, 6) is 0.0470. The molecule has 4 aromatic rings. The minimum atomic E-state index is -4.28. The zero-order valence-corrected chi connectivity index (χ0v) is 23.9. The SMILES string of the molecule is CN(C)CCN(C)c1ccnc(-c2ccc3cc(N(CC(=O)O)S(=O)(=O)c4cc(Cl)cc(Cl)c4)ccc3c2)n1. The van der Waals surface area contributed by atoms with Crippen LogP contribution in [0.4, 0.5) is 11.5 Å². The molecule has 0 saturated carbocycles. The number of likely N-dealkylation sites (N-methyl/N-ethyl adjacent to an activating group) is 2. The average molecular weight is 589 g/mol. The van der Waals surface area contributed by atoms with Crippen LogP contribution in [0.1, 0.15) is 0 Å². The van der Waals surface area contributed by atoms with Crippen molar-refractivity contribution in [1.82, 2.24) is 14.9 Å². The number of aromatic nitrogens is 2. The predicted molar refractivity (Wildman–Crippen MR) is 155 cm³/mol. The van der Waals surface area contributed by atoms with Gasteiger partial charge in [0.1, 0.15) is 12.4 Å². The van der Waals surface area contributed by atoms with E-state index in [1.54, 1.807) is 24.4 Å². The Balaban J connectivity index is 1.69. The normalized spacial score (nSPS) is 11.6. The molecule has 4 rings (SSSR count). The highest BCUT2D eigenvalue weighted by Gasteiger charge is 2.28. The zero-order chi connectivity index (χ0) is 28.3. The van der Waals surface area contributed by atoms with E-state index in [-0.39, 0.29) is 20.6 Å². The topological polar surface area (TPSA) is 107 Å². The lowest BCUT2D eigenvalue weighted by atomic mass is 10.1. The van der Waals surface area contributed by atoms with Crippen LogP contribution in [0.5, 0.6) is 0 Å². The van der Waals surface area contributed by atoms with Gasteiger partial charge in [-0.3, -0.25) is 9.10 Å². The number of carboxylic acids is 1. The first-order valence-electron chi connectivity index (χ1n) is 11.9. The Morgan fingerprint density at radius 2 is 1.56 bits per heavy atom. The fourth-order valence-corrected chi connectivity index (χ4v) is 6.07. The van der Waals surface area contributed by atoms with Crippen molar-refractivity contribution in [2.75, 3.05) is 50.0 Å². The molecule has 1 heterocycles. The van der Waals surface area contributed by atoms with Gasteiger partial charge >= 0.3 is 5.97 Å². The maximum atomic E-state index is 13.4. The molecule has 0 atom stereocenters. The number of anilines is 2. The minimum absolute atomic E-state index is 0.123. The van der Waals surface area contributed by atoms with Crippen LogP contribution in [0.2, 0.25) is 10.0 Å². The molecule has 0 amide bonds. The van der Waals surface area contributed by atoms with E-state index in [0.29, 0.717) is 11.2 Å². The first kappa shape index (κ1) is 28.6. The molecular weight excluding hydrogens is 561 g/mol. The number of aliphatic carboxylic acids is 1. The summed E-state index contributed by atoms with van der Waals surface area (Å²) in [6.45, 7) is 0.909. The summed E-state index contributed by atoms with van der Waals surface area (Å²) < 4.78 is 27.7. The fourth-order valence-electron chi connectivity index (χ4n) is 3.94. The van der Waals surface area contributed by atoms with Crippen molar-refractivity contribution in [2.24, 2.45) is 0 Å². The molecule has 204 valence electrons. The van der Waals surface area contributed by atoms with Crippen LogP contribution in [0.15, 0.2) is 71.8 Å². The van der Waals surface area contributed by atoms with Gasteiger partial charge in [0.2, 0.25) is 0 Å². The van der Waals surface area contributed by atoms with Gasteiger partial charge in [0.15, 0.2) is 5.82 Å². The number of rotatable bonds is 10. The Bertz CT molecular complexity index is 1610. The molecule has 0 spiro atoms. The third-order valence-corrected chi connectivity index (χ3v) is 8.18. The van der Waals surface area contributed by atoms with Gasteiger partial charge < -0.3 is 14.9 Å². The first-order valence-corrected chi connectivity index (χ1v) is 14.1. The number of halogens is 2. The highest BCUT2D eigenvalue weighted by Crippen LogP contribution is 2.31. The molecule has 0 aliphatic heterocycles. The van der Waals surface area contributed by atoms with Crippen molar-refractivity contribution >= 4 is 61.5 Å². The van der Waals surface area contributed by atoms with Crippen molar-refractivity contribution in [3.8, 4) is 11.4 Å². The molecule has 0 unspecified atom stereocenters. The van der Waals surface area contributed by atoms with E-state index >= 15 is 0 Å². The molecule has 0 aliphatic carbocycles. The van der Waals surface area contributed by atoms with Crippen LogP contribution in [-0.2, 0) is 14.8 Å². The second kappa shape index (κ2) is 11.7. The van der Waals surface area contributed by atoms with Gasteiger partial charge in [-0.1, -0.05) is 41.4 Å². The molecule has 1 aromatic heterocycles. The van der Waals surface area contributed by atoms with E-state index in [1.165, 1.54) is 18.2 Å². The van der Waals surface area contributed by atoms with Crippen molar-refractivity contribution < 1.29 is 18.3 Å². The third kappa shape index (κ3) is 6.77. The van der Waals surface area contributed by atoms with E-state index < -0.39 is 22.5 Å². The summed E-state index contributed by atoms with van der Waals surface area (Å²) in [6.07, 6.45) is 1.72. The van der Waals surface area contributed by atoms with Crippen LogP contribution in [0.25, 0.3) is 22.2 Å². The molecular formula is C27H27Cl2N5O4S. The molecule has 0 aliphatic rings. The quantitative estimate of drug-likeness (QED) is 0.280. The standard InChI is InChI=1S/C27H27Cl2N5O4S/c1-32(2)10-11-33(3)25-8-9-30-27(31-25)20-5-4-19-13-23(7-6-18(19)12-20)34(17-26(35)36)39(37,38)24-15-21(28)14-22(29)16-24/h4-9,12-16H,10-11,17H2,1-3H3,(H,35,36). The maximum Gasteiger partial charge on any atom is 0.324 e. The molecule has 0 bridgehead atoms. The third-order valence-electron chi connectivity index (χ3n) is 5.99. The maximum absolute atomic E-state index is 13.4. The number of fused-ring (bicyclic) bond motifs is 1. The number of carbonyl (C=O) groups is 1. The van der Waals surface area contributed by atoms with E-state index in [0.717, 1.165) is 34.2 Å². The highest BCUT2D eigenvalue weighted by molar-refractivity contribution is 7.92. The molecule has 0 saturated heterocycles. The van der Waals surface area contributed by atoms with Gasteiger partial charge in [0, 0.05) is 41.9 Å². The van der Waals surface area contributed by atoms with Crippen molar-refractivity contribution in [1.29, 1.82) is 0 Å². The largest absolute Gasteiger partial charge is 0.480 e. The van der Waals surface area contributed by atoms with E-state index in [4.69, 9.17) is 28.2 Å². The number of nitrogens with zero attached hydrogens (tertiary/aromatic N) is 5. The van der Waals surface area contributed by atoms with Crippen LogP contribution in [0.3, 0.4) is 0 Å². The predicted octanol–water partition coefficient (Wildman–Crippen LogP) is 4.88. The molecule has 0 radical (unpaired) electrons. The number of carboxylic acid groups (broad SMARTS) is 1. The van der Waals surface area contributed by atoms with Crippen LogP contribution >= 0.6 is 23.2 Å². The Hall–Kier alpha value is -3.44. The van der Waals surface area contributed by atoms with Crippen molar-refractivity contribution in [3.05, 3.63) is 76.9 Å². The summed E-state index contributed by atoms with van der Waals surface area (Å²) >= 11 is 12.0. The van der Waals surface area contributed by atoms with Gasteiger partial charge in [-0.05, 0) is 67.3 Å². The highest BCUT2D eigenvalue weighted by atomic mass is 35.5. The summed E-state index contributed by atoms with van der Waals surface area (Å²) in [5.41, 5.74) is 0.983. The number of hydrogen-bond acceptors (Lipinski definition) is 7. The van der Waals surface area contributed by atoms with Crippen LogP contribution in [-0.4, -0.2) is 75.1 Å².